The lowest BCUT2D eigenvalue weighted by Gasteiger charge is -2.30. The molecule has 0 aliphatic heterocycles. The van der Waals surface area contributed by atoms with Crippen LogP contribution in [0.2, 0.25) is 0 Å². The molecule has 1 rings (SSSR count). The van der Waals surface area contributed by atoms with Crippen LogP contribution in [0.1, 0.15) is 65.7 Å². The summed E-state index contributed by atoms with van der Waals surface area (Å²) in [7, 11) is 1.69. The molecule has 0 heterocycles. The average molecular weight is 285 g/mol. The minimum Gasteiger partial charge on any atom is -0.465 e. The van der Waals surface area contributed by atoms with Gasteiger partial charge in [0.1, 0.15) is 6.04 Å². The van der Waals surface area contributed by atoms with E-state index < -0.39 is 0 Å². The number of hydrogen-bond donors (Lipinski definition) is 1. The van der Waals surface area contributed by atoms with Crippen LogP contribution in [0.5, 0.6) is 0 Å². The maximum absolute atomic E-state index is 12.2. The number of nitrogens with one attached hydrogen (secondary N) is 1. The van der Waals surface area contributed by atoms with Gasteiger partial charge in [-0.25, -0.2) is 0 Å². The molecule has 118 valence electrons. The smallest absolute Gasteiger partial charge is 0.323 e. The normalized spacial score (nSPS) is 19.4. The molecule has 0 bridgehead atoms. The third kappa shape index (κ3) is 6.23. The molecule has 0 aromatic heterocycles. The third-order valence-electron chi connectivity index (χ3n) is 4.11. The molecule has 1 fully saturated rings. The summed E-state index contributed by atoms with van der Waals surface area (Å²) in [5, 5.41) is 3.52. The van der Waals surface area contributed by atoms with Crippen LogP contribution in [0.4, 0.5) is 0 Å². The van der Waals surface area contributed by atoms with Crippen molar-refractivity contribution in [1.29, 1.82) is 0 Å². The van der Waals surface area contributed by atoms with Crippen LogP contribution in [0, 0.1) is 0 Å². The highest BCUT2D eigenvalue weighted by atomic mass is 16.5. The second-order valence-electron chi connectivity index (χ2n) is 6.33. The van der Waals surface area contributed by atoms with Gasteiger partial charge in [-0.1, -0.05) is 25.7 Å². The molecule has 0 spiro atoms. The van der Waals surface area contributed by atoms with E-state index in [1.165, 1.54) is 25.7 Å². The Bertz CT molecular complexity index is 283. The molecule has 1 N–H and O–H groups in total. The molecule has 4 heteroatoms. The van der Waals surface area contributed by atoms with Gasteiger partial charge in [-0.3, -0.25) is 4.79 Å². The molecule has 1 aliphatic rings. The van der Waals surface area contributed by atoms with Gasteiger partial charge >= 0.3 is 5.97 Å². The Balaban J connectivity index is 2.63. The summed E-state index contributed by atoms with van der Waals surface area (Å²) in [6, 6.07) is 0.160. The predicted octanol–water partition coefficient (Wildman–Crippen LogP) is 3.05. The molecule has 0 saturated heterocycles. The fraction of sp³-hybridized carbons (Fsp3) is 0.938. The van der Waals surface area contributed by atoms with Crippen molar-refractivity contribution in [2.45, 2.75) is 83.4 Å². The number of ether oxygens (including phenoxy) is 2. The Kier molecular flexibility index (Phi) is 7.52. The highest BCUT2D eigenvalue weighted by molar-refractivity contribution is 5.76. The Morgan fingerprint density at radius 3 is 2.35 bits per heavy atom. The van der Waals surface area contributed by atoms with Gasteiger partial charge < -0.3 is 14.8 Å². The summed E-state index contributed by atoms with van der Waals surface area (Å²) in [4.78, 5) is 12.2. The highest BCUT2D eigenvalue weighted by Crippen LogP contribution is 2.21. The van der Waals surface area contributed by atoms with Gasteiger partial charge in [0.2, 0.25) is 0 Å². The predicted molar refractivity (Wildman–Crippen MR) is 80.8 cm³/mol. The van der Waals surface area contributed by atoms with Crippen molar-refractivity contribution in [2.24, 2.45) is 0 Å². The van der Waals surface area contributed by atoms with Gasteiger partial charge in [-0.15, -0.1) is 0 Å². The first-order chi connectivity index (χ1) is 9.48. The Morgan fingerprint density at radius 1 is 1.25 bits per heavy atom. The van der Waals surface area contributed by atoms with Gasteiger partial charge in [0, 0.05) is 19.6 Å². The van der Waals surface area contributed by atoms with Gasteiger partial charge in [-0.2, -0.15) is 0 Å². The number of carbonyl (C=O) groups is 1. The summed E-state index contributed by atoms with van der Waals surface area (Å²) in [5.41, 5.74) is -0.324. The molecular weight excluding hydrogens is 254 g/mol. The van der Waals surface area contributed by atoms with E-state index in [1.807, 2.05) is 20.8 Å². The average Bonchev–Trinajstić information content (AvgIpc) is 2.67. The second kappa shape index (κ2) is 8.63. The SMILES string of the molecule is CCOC(=O)C(CC(C)(C)OC)NC1CCCCCC1. The largest absolute Gasteiger partial charge is 0.465 e. The minimum atomic E-state index is -0.324. The zero-order chi connectivity index (χ0) is 15.0. The number of esters is 1. The van der Waals surface area contributed by atoms with E-state index in [2.05, 4.69) is 5.32 Å². The molecular formula is C16H31NO3. The van der Waals surface area contributed by atoms with Crippen molar-refractivity contribution in [3.05, 3.63) is 0 Å². The van der Waals surface area contributed by atoms with Crippen LogP contribution in [0.3, 0.4) is 0 Å². The van der Waals surface area contributed by atoms with Crippen LogP contribution >= 0.6 is 0 Å². The van der Waals surface area contributed by atoms with E-state index in [9.17, 15) is 4.79 Å². The van der Waals surface area contributed by atoms with E-state index >= 15 is 0 Å². The third-order valence-corrected chi connectivity index (χ3v) is 4.11. The van der Waals surface area contributed by atoms with Crippen LogP contribution in [-0.2, 0) is 14.3 Å². The summed E-state index contributed by atoms with van der Waals surface area (Å²) >= 11 is 0. The van der Waals surface area contributed by atoms with Gasteiger partial charge in [0.25, 0.3) is 0 Å². The minimum absolute atomic E-state index is 0.151. The van der Waals surface area contributed by atoms with Crippen LogP contribution in [-0.4, -0.2) is 37.4 Å². The van der Waals surface area contributed by atoms with Crippen molar-refractivity contribution in [2.75, 3.05) is 13.7 Å². The zero-order valence-corrected chi connectivity index (χ0v) is 13.5. The van der Waals surface area contributed by atoms with Crippen molar-refractivity contribution >= 4 is 5.97 Å². The van der Waals surface area contributed by atoms with E-state index in [0.29, 0.717) is 19.1 Å². The molecule has 1 aliphatic carbocycles. The maximum atomic E-state index is 12.2. The van der Waals surface area contributed by atoms with Crippen molar-refractivity contribution in [3.8, 4) is 0 Å². The quantitative estimate of drug-likeness (QED) is 0.577. The molecule has 20 heavy (non-hydrogen) atoms. The van der Waals surface area contributed by atoms with Crippen molar-refractivity contribution in [3.63, 3.8) is 0 Å². The topological polar surface area (TPSA) is 47.6 Å². The standard InChI is InChI=1S/C16H31NO3/c1-5-20-15(18)14(12-16(2,3)19-4)17-13-10-8-6-7-9-11-13/h13-14,17H,5-12H2,1-4H3. The number of rotatable bonds is 7. The van der Waals surface area contributed by atoms with Crippen LogP contribution in [0.25, 0.3) is 0 Å². The summed E-state index contributed by atoms with van der Waals surface area (Å²) in [6.07, 6.45) is 8.07. The van der Waals surface area contributed by atoms with E-state index in [1.54, 1.807) is 7.11 Å². The highest BCUT2D eigenvalue weighted by Gasteiger charge is 2.30. The van der Waals surface area contributed by atoms with E-state index in [0.717, 1.165) is 12.8 Å². The molecule has 0 aromatic carbocycles. The van der Waals surface area contributed by atoms with Crippen LogP contribution < -0.4 is 5.32 Å². The van der Waals surface area contributed by atoms with Crippen LogP contribution in [0.15, 0.2) is 0 Å². The number of hydrogen-bond acceptors (Lipinski definition) is 4. The first-order valence-corrected chi connectivity index (χ1v) is 7.96. The Morgan fingerprint density at radius 2 is 1.85 bits per heavy atom. The molecule has 0 aromatic rings. The van der Waals surface area contributed by atoms with E-state index in [-0.39, 0.29) is 17.6 Å². The molecule has 1 unspecified atom stereocenters. The maximum Gasteiger partial charge on any atom is 0.323 e. The lowest BCUT2D eigenvalue weighted by Crippen LogP contribution is -2.48. The Labute approximate surface area is 123 Å². The fourth-order valence-electron chi connectivity index (χ4n) is 2.76. The zero-order valence-electron chi connectivity index (χ0n) is 13.5. The van der Waals surface area contributed by atoms with Gasteiger partial charge in [0.15, 0.2) is 0 Å². The molecule has 1 atom stereocenters. The van der Waals surface area contributed by atoms with E-state index in [4.69, 9.17) is 9.47 Å². The van der Waals surface area contributed by atoms with Crippen molar-refractivity contribution < 1.29 is 14.3 Å². The molecule has 0 amide bonds. The summed E-state index contributed by atoms with van der Waals surface area (Å²) < 4.78 is 10.7. The fourth-order valence-corrected chi connectivity index (χ4v) is 2.76. The molecule has 1 saturated carbocycles. The number of methoxy groups -OCH3 is 1. The lowest BCUT2D eigenvalue weighted by molar-refractivity contribution is -0.148. The second-order valence-corrected chi connectivity index (χ2v) is 6.33. The van der Waals surface area contributed by atoms with Gasteiger partial charge in [-0.05, 0) is 33.6 Å². The van der Waals surface area contributed by atoms with Gasteiger partial charge in [0.05, 0.1) is 12.2 Å². The first kappa shape index (κ1) is 17.4. The molecule has 4 nitrogen and oxygen atoms in total. The Hall–Kier alpha value is -0.610. The lowest BCUT2D eigenvalue weighted by atomic mass is 9.97. The summed E-state index contributed by atoms with van der Waals surface area (Å²) in [6.45, 7) is 6.29. The number of carbonyl (C=O) groups excluding carboxylic acids is 1. The monoisotopic (exact) mass is 285 g/mol. The van der Waals surface area contributed by atoms with Crippen molar-refractivity contribution in [1.82, 2.24) is 5.32 Å². The first-order valence-electron chi connectivity index (χ1n) is 7.96. The molecule has 0 radical (unpaired) electrons. The summed E-state index contributed by atoms with van der Waals surface area (Å²) in [5.74, 6) is -0.151.